The predicted molar refractivity (Wildman–Crippen MR) is 61.0 cm³/mol. The molecule has 0 fully saturated rings. The zero-order valence-corrected chi connectivity index (χ0v) is 8.97. The number of carbonyl (C=O) groups is 1. The minimum absolute atomic E-state index is 0.214. The molecule has 0 amide bonds. The van der Waals surface area contributed by atoms with Crippen LogP contribution in [0.15, 0.2) is 54.6 Å². The molecule has 85 valence electrons. The molecule has 2 aromatic rings. The van der Waals surface area contributed by atoms with Gasteiger partial charge in [-0.3, -0.25) is 0 Å². The van der Waals surface area contributed by atoms with E-state index in [-0.39, 0.29) is 5.56 Å². The number of alkyl halides is 1. The summed E-state index contributed by atoms with van der Waals surface area (Å²) < 4.78 is 18.3. The van der Waals surface area contributed by atoms with Crippen molar-refractivity contribution in [2.75, 3.05) is 0 Å². The number of rotatable bonds is 3. The van der Waals surface area contributed by atoms with Crippen LogP contribution in [0, 0.1) is 6.07 Å². The first-order valence-electron chi connectivity index (χ1n) is 5.14. The molecule has 0 spiro atoms. The van der Waals surface area contributed by atoms with Gasteiger partial charge in [-0.15, -0.1) is 0 Å². The van der Waals surface area contributed by atoms with E-state index in [0.717, 1.165) is 0 Å². The van der Waals surface area contributed by atoms with Gasteiger partial charge < -0.3 is 4.74 Å². The van der Waals surface area contributed by atoms with E-state index in [1.165, 1.54) is 6.07 Å². The molecule has 0 aromatic heterocycles. The van der Waals surface area contributed by atoms with Gasteiger partial charge in [0.05, 0.1) is 5.56 Å². The summed E-state index contributed by atoms with van der Waals surface area (Å²) in [5, 5.41) is 0. The number of halogens is 1. The van der Waals surface area contributed by atoms with Crippen LogP contribution in [0.3, 0.4) is 0 Å². The van der Waals surface area contributed by atoms with E-state index in [2.05, 4.69) is 10.8 Å². The normalized spacial score (nSPS) is 11.8. The van der Waals surface area contributed by atoms with E-state index in [4.69, 9.17) is 0 Å². The summed E-state index contributed by atoms with van der Waals surface area (Å²) in [4.78, 5) is 11.5. The lowest BCUT2D eigenvalue weighted by Crippen LogP contribution is -2.08. The number of hydrogen-bond donors (Lipinski definition) is 0. The van der Waals surface area contributed by atoms with E-state index in [0.29, 0.717) is 5.56 Å². The summed E-state index contributed by atoms with van der Waals surface area (Å²) in [6.45, 7) is 0. The molecule has 0 saturated heterocycles. The molecule has 2 nitrogen and oxygen atoms in total. The van der Waals surface area contributed by atoms with Crippen LogP contribution >= 0.6 is 0 Å². The second-order valence-corrected chi connectivity index (χ2v) is 3.41. The molecule has 0 aliphatic heterocycles. The molecule has 1 radical (unpaired) electrons. The van der Waals surface area contributed by atoms with Gasteiger partial charge in [-0.05, 0) is 12.1 Å². The monoisotopic (exact) mass is 229 g/mol. The Morgan fingerprint density at radius 2 is 1.82 bits per heavy atom. The van der Waals surface area contributed by atoms with E-state index < -0.39 is 12.3 Å². The Balaban J connectivity index is 2.05. The molecule has 2 aromatic carbocycles. The van der Waals surface area contributed by atoms with Crippen LogP contribution in [0.4, 0.5) is 4.39 Å². The second kappa shape index (κ2) is 5.25. The number of ether oxygens (including phenoxy) is 1. The summed E-state index contributed by atoms with van der Waals surface area (Å²) in [5.74, 6) is -0.720. The highest BCUT2D eigenvalue weighted by molar-refractivity contribution is 5.89. The Kier molecular flexibility index (Phi) is 3.50. The van der Waals surface area contributed by atoms with E-state index in [1.807, 2.05) is 0 Å². The standard InChI is InChI=1S/C14H10FO2/c15-13(11-7-3-1-4-8-11)17-14(16)12-9-5-2-6-10-12/h1-9,13H. The van der Waals surface area contributed by atoms with Crippen molar-refractivity contribution < 1.29 is 13.9 Å². The van der Waals surface area contributed by atoms with Gasteiger partial charge in [0.25, 0.3) is 6.36 Å². The fraction of sp³-hybridized carbons (Fsp3) is 0.0714. The van der Waals surface area contributed by atoms with Crippen molar-refractivity contribution >= 4 is 5.97 Å². The molecular weight excluding hydrogens is 219 g/mol. The highest BCUT2D eigenvalue weighted by Crippen LogP contribution is 2.19. The zero-order valence-electron chi connectivity index (χ0n) is 8.97. The molecule has 0 bridgehead atoms. The Hall–Kier alpha value is -2.16. The molecule has 3 heteroatoms. The summed E-state index contributed by atoms with van der Waals surface area (Å²) in [6, 6.07) is 17.4. The number of carbonyl (C=O) groups excluding carboxylic acids is 1. The summed E-state index contributed by atoms with van der Waals surface area (Å²) >= 11 is 0. The van der Waals surface area contributed by atoms with E-state index in [9.17, 15) is 9.18 Å². The molecule has 1 unspecified atom stereocenters. The zero-order chi connectivity index (χ0) is 12.1. The first-order chi connectivity index (χ1) is 8.27. The lowest BCUT2D eigenvalue weighted by Gasteiger charge is -2.09. The SMILES string of the molecule is O=C(OC(F)c1ccccc1)c1[c]cccc1. The Labute approximate surface area is 98.7 Å². The molecule has 2 rings (SSSR count). The summed E-state index contributed by atoms with van der Waals surface area (Å²) in [6.07, 6.45) is -1.75. The van der Waals surface area contributed by atoms with Gasteiger partial charge in [0, 0.05) is 5.56 Å². The summed E-state index contributed by atoms with van der Waals surface area (Å²) in [7, 11) is 0. The Morgan fingerprint density at radius 1 is 1.12 bits per heavy atom. The molecule has 0 aliphatic rings. The predicted octanol–water partition coefficient (Wildman–Crippen LogP) is 3.31. The molecule has 0 saturated carbocycles. The number of hydrogen-bond acceptors (Lipinski definition) is 2. The van der Waals surface area contributed by atoms with Gasteiger partial charge in [0.2, 0.25) is 0 Å². The maximum absolute atomic E-state index is 13.6. The van der Waals surface area contributed by atoms with Crippen LogP contribution in [0.2, 0.25) is 0 Å². The minimum atomic E-state index is -1.75. The number of benzene rings is 2. The van der Waals surface area contributed by atoms with Crippen molar-refractivity contribution in [3.05, 3.63) is 71.8 Å². The van der Waals surface area contributed by atoms with Crippen molar-refractivity contribution in [1.82, 2.24) is 0 Å². The lowest BCUT2D eigenvalue weighted by atomic mass is 10.2. The van der Waals surface area contributed by atoms with Crippen LogP contribution in [-0.2, 0) is 4.74 Å². The van der Waals surface area contributed by atoms with Gasteiger partial charge >= 0.3 is 5.97 Å². The third kappa shape index (κ3) is 2.91. The van der Waals surface area contributed by atoms with Gasteiger partial charge in [0.15, 0.2) is 0 Å². The van der Waals surface area contributed by atoms with Gasteiger partial charge in [-0.1, -0.05) is 48.5 Å². The largest absolute Gasteiger partial charge is 0.423 e. The average Bonchev–Trinajstić information content (AvgIpc) is 2.40. The smallest absolute Gasteiger partial charge is 0.341 e. The van der Waals surface area contributed by atoms with Crippen LogP contribution in [0.25, 0.3) is 0 Å². The Morgan fingerprint density at radius 3 is 2.47 bits per heavy atom. The fourth-order valence-electron chi connectivity index (χ4n) is 1.35. The van der Waals surface area contributed by atoms with Crippen LogP contribution < -0.4 is 0 Å². The molecular formula is C14H10FO2. The Bertz CT molecular complexity index is 482. The first-order valence-corrected chi connectivity index (χ1v) is 5.14. The quantitative estimate of drug-likeness (QED) is 0.755. The minimum Gasteiger partial charge on any atom is -0.423 e. The second-order valence-electron chi connectivity index (χ2n) is 3.41. The van der Waals surface area contributed by atoms with Crippen molar-refractivity contribution in [2.24, 2.45) is 0 Å². The van der Waals surface area contributed by atoms with Crippen molar-refractivity contribution in [2.45, 2.75) is 6.36 Å². The van der Waals surface area contributed by atoms with Crippen molar-refractivity contribution in [1.29, 1.82) is 0 Å². The lowest BCUT2D eigenvalue weighted by molar-refractivity contribution is -0.0164. The van der Waals surface area contributed by atoms with Crippen LogP contribution in [0.1, 0.15) is 22.3 Å². The first kappa shape index (κ1) is 11.3. The fourth-order valence-corrected chi connectivity index (χ4v) is 1.35. The van der Waals surface area contributed by atoms with E-state index >= 15 is 0 Å². The van der Waals surface area contributed by atoms with E-state index in [1.54, 1.807) is 48.5 Å². The highest BCUT2D eigenvalue weighted by atomic mass is 19.1. The average molecular weight is 229 g/mol. The maximum atomic E-state index is 13.6. The third-order valence-corrected chi connectivity index (χ3v) is 2.20. The van der Waals surface area contributed by atoms with Gasteiger partial charge in [0.1, 0.15) is 0 Å². The van der Waals surface area contributed by atoms with Crippen molar-refractivity contribution in [3.8, 4) is 0 Å². The van der Waals surface area contributed by atoms with Gasteiger partial charge in [-0.25, -0.2) is 4.79 Å². The molecule has 0 N–H and O–H groups in total. The highest BCUT2D eigenvalue weighted by Gasteiger charge is 2.16. The summed E-state index contributed by atoms with van der Waals surface area (Å²) in [5.41, 5.74) is 0.530. The number of esters is 1. The topological polar surface area (TPSA) is 26.3 Å². The van der Waals surface area contributed by atoms with Gasteiger partial charge in [-0.2, -0.15) is 4.39 Å². The van der Waals surface area contributed by atoms with Crippen LogP contribution in [-0.4, -0.2) is 5.97 Å². The third-order valence-electron chi connectivity index (χ3n) is 2.20. The molecule has 17 heavy (non-hydrogen) atoms. The molecule has 1 atom stereocenters. The molecule has 0 heterocycles. The van der Waals surface area contributed by atoms with Crippen molar-refractivity contribution in [3.63, 3.8) is 0 Å². The maximum Gasteiger partial charge on any atom is 0.341 e. The van der Waals surface area contributed by atoms with Crippen LogP contribution in [0.5, 0.6) is 0 Å². The molecule has 0 aliphatic carbocycles.